The van der Waals surface area contributed by atoms with Gasteiger partial charge < -0.3 is 14.2 Å². The molecule has 0 aliphatic rings. The quantitative estimate of drug-likeness (QED) is 0.263. The molecule has 0 unspecified atom stereocenters. The van der Waals surface area contributed by atoms with Gasteiger partial charge in [0.05, 0.1) is 24.8 Å². The molecule has 0 saturated carbocycles. The lowest BCUT2D eigenvalue weighted by atomic mass is 10.2. The van der Waals surface area contributed by atoms with Gasteiger partial charge in [-0.05, 0) is 60.9 Å². The van der Waals surface area contributed by atoms with Gasteiger partial charge in [-0.2, -0.15) is 5.26 Å². The third kappa shape index (κ3) is 8.14. The second-order valence-electron chi connectivity index (χ2n) is 5.89. The Morgan fingerprint density at radius 2 is 1.59 bits per heavy atom. The molecule has 2 aromatic rings. The van der Waals surface area contributed by atoms with Gasteiger partial charge in [-0.25, -0.2) is 9.59 Å². The predicted octanol–water partition coefficient (Wildman–Crippen LogP) is 4.07. The summed E-state index contributed by atoms with van der Waals surface area (Å²) < 4.78 is 15.7. The largest absolute Gasteiger partial charge is 0.494 e. The van der Waals surface area contributed by atoms with Crippen molar-refractivity contribution in [2.75, 3.05) is 13.2 Å². The van der Waals surface area contributed by atoms with E-state index in [1.807, 2.05) is 30.3 Å². The van der Waals surface area contributed by atoms with Crippen molar-refractivity contribution in [3.63, 3.8) is 0 Å². The Morgan fingerprint density at radius 1 is 0.931 bits per heavy atom. The van der Waals surface area contributed by atoms with E-state index in [-0.39, 0.29) is 0 Å². The molecule has 0 saturated heterocycles. The predicted molar refractivity (Wildman–Crippen MR) is 108 cm³/mol. The van der Waals surface area contributed by atoms with Gasteiger partial charge in [-0.3, -0.25) is 0 Å². The zero-order valence-corrected chi connectivity index (χ0v) is 15.9. The van der Waals surface area contributed by atoms with Crippen LogP contribution in [0.2, 0.25) is 0 Å². The van der Waals surface area contributed by atoms with Crippen LogP contribution >= 0.6 is 0 Å². The van der Waals surface area contributed by atoms with Crippen LogP contribution in [-0.2, 0) is 14.3 Å². The summed E-state index contributed by atoms with van der Waals surface area (Å²) in [5.74, 6) is 0.162. The molecule has 2 aromatic carbocycles. The zero-order chi connectivity index (χ0) is 20.9. The number of hydrogen-bond donors (Lipinski definition) is 0. The van der Waals surface area contributed by atoms with E-state index >= 15 is 0 Å². The lowest BCUT2D eigenvalue weighted by Crippen LogP contribution is -2.04. The number of nitrogens with zero attached hydrogens (tertiary/aromatic N) is 1. The lowest BCUT2D eigenvalue weighted by molar-refractivity contribution is -0.137. The van der Waals surface area contributed by atoms with Gasteiger partial charge in [0.1, 0.15) is 11.5 Å². The molecule has 0 fully saturated rings. The van der Waals surface area contributed by atoms with E-state index in [1.165, 1.54) is 6.08 Å². The second kappa shape index (κ2) is 11.8. The smallest absolute Gasteiger partial charge is 0.336 e. The highest BCUT2D eigenvalue weighted by atomic mass is 16.5. The third-order valence-electron chi connectivity index (χ3n) is 3.71. The fourth-order valence-corrected chi connectivity index (χ4v) is 2.21. The molecule has 2 rings (SSSR count). The lowest BCUT2D eigenvalue weighted by Gasteiger charge is -2.06. The van der Waals surface area contributed by atoms with Crippen LogP contribution in [0.4, 0.5) is 0 Å². The van der Waals surface area contributed by atoms with Crippen LogP contribution in [0.1, 0.15) is 24.0 Å². The van der Waals surface area contributed by atoms with E-state index in [0.29, 0.717) is 36.7 Å². The molecular weight excluding hydrogens is 370 g/mol. The minimum absolute atomic E-state index is 0.344. The van der Waals surface area contributed by atoms with E-state index in [0.717, 1.165) is 18.1 Å². The topological polar surface area (TPSA) is 85.6 Å². The summed E-state index contributed by atoms with van der Waals surface area (Å²) in [6.07, 6.45) is 5.58. The van der Waals surface area contributed by atoms with E-state index in [9.17, 15) is 9.59 Å². The van der Waals surface area contributed by atoms with Crippen molar-refractivity contribution in [3.05, 3.63) is 78.4 Å². The Labute approximate surface area is 169 Å². The molecular formula is C23H21NO5. The summed E-state index contributed by atoms with van der Waals surface area (Å²) in [5.41, 5.74) is 1.32. The van der Waals surface area contributed by atoms with Crippen molar-refractivity contribution in [2.45, 2.75) is 12.8 Å². The Hall–Kier alpha value is -3.85. The zero-order valence-electron chi connectivity index (χ0n) is 15.9. The first kappa shape index (κ1) is 21.5. The molecule has 0 amide bonds. The Kier molecular flexibility index (Phi) is 8.71. The maximum atomic E-state index is 11.9. The molecule has 6 nitrogen and oxygen atoms in total. The molecule has 0 radical (unpaired) electrons. The van der Waals surface area contributed by atoms with E-state index in [2.05, 4.69) is 6.58 Å². The van der Waals surface area contributed by atoms with E-state index in [4.69, 9.17) is 19.5 Å². The van der Waals surface area contributed by atoms with Crippen LogP contribution < -0.4 is 9.47 Å². The van der Waals surface area contributed by atoms with Crippen LogP contribution in [0.3, 0.4) is 0 Å². The van der Waals surface area contributed by atoms with Gasteiger partial charge in [0.25, 0.3) is 0 Å². The molecule has 0 N–H and O–H groups in total. The number of benzene rings is 2. The van der Waals surface area contributed by atoms with Crippen LogP contribution in [0.25, 0.3) is 6.08 Å². The van der Waals surface area contributed by atoms with Gasteiger partial charge in [0, 0.05) is 12.2 Å². The molecule has 148 valence electrons. The molecule has 0 bridgehead atoms. The van der Waals surface area contributed by atoms with Crippen molar-refractivity contribution < 1.29 is 23.8 Å². The van der Waals surface area contributed by atoms with Gasteiger partial charge in [0.2, 0.25) is 0 Å². The maximum Gasteiger partial charge on any atom is 0.336 e. The Morgan fingerprint density at radius 3 is 2.24 bits per heavy atom. The summed E-state index contributed by atoms with van der Waals surface area (Å²) >= 11 is 0. The van der Waals surface area contributed by atoms with Gasteiger partial charge >= 0.3 is 11.9 Å². The molecule has 0 aliphatic carbocycles. The van der Waals surface area contributed by atoms with Crippen molar-refractivity contribution in [2.24, 2.45) is 0 Å². The minimum Gasteiger partial charge on any atom is -0.494 e. The Balaban J connectivity index is 1.72. The number of carbonyl (C=O) groups is 2. The monoisotopic (exact) mass is 391 g/mol. The summed E-state index contributed by atoms with van der Waals surface area (Å²) in [6, 6.07) is 15.6. The minimum atomic E-state index is -0.507. The van der Waals surface area contributed by atoms with Crippen molar-refractivity contribution in [3.8, 4) is 17.6 Å². The molecule has 0 heterocycles. The first-order valence-corrected chi connectivity index (χ1v) is 9.03. The maximum absolute atomic E-state index is 11.9. The van der Waals surface area contributed by atoms with Gasteiger partial charge in [-0.15, -0.1) is 0 Å². The normalized spacial score (nSPS) is 10.2. The fraction of sp³-hybridized carbons (Fsp3) is 0.174. The highest BCUT2D eigenvalue weighted by Crippen LogP contribution is 2.15. The standard InChI is InChI=1S/C23H21NO5/c1-2-22(25)28-16-4-3-15-27-20-10-5-18(6-11-20)9-14-23(26)29-21-12-7-19(17-24)8-13-21/h2,5-14H,1,3-4,15-16H2. The number of unbranched alkanes of at least 4 members (excludes halogenated alkanes) is 1. The van der Waals surface area contributed by atoms with E-state index in [1.54, 1.807) is 30.3 Å². The van der Waals surface area contributed by atoms with Crippen molar-refractivity contribution in [1.29, 1.82) is 5.26 Å². The number of hydrogen-bond acceptors (Lipinski definition) is 6. The Bertz CT molecular complexity index is 892. The summed E-state index contributed by atoms with van der Waals surface area (Å²) in [7, 11) is 0. The van der Waals surface area contributed by atoms with Crippen LogP contribution in [0.5, 0.6) is 11.5 Å². The summed E-state index contributed by atoms with van der Waals surface area (Å²) in [4.78, 5) is 22.8. The first-order chi connectivity index (χ1) is 14.1. The van der Waals surface area contributed by atoms with Gasteiger partial charge in [-0.1, -0.05) is 18.7 Å². The number of ether oxygens (including phenoxy) is 3. The highest BCUT2D eigenvalue weighted by molar-refractivity contribution is 5.88. The number of nitriles is 1. The average Bonchev–Trinajstić information content (AvgIpc) is 2.75. The molecule has 0 aliphatic heterocycles. The third-order valence-corrected chi connectivity index (χ3v) is 3.71. The SMILES string of the molecule is C=CC(=O)OCCCCOc1ccc(C=CC(=O)Oc2ccc(C#N)cc2)cc1. The second-order valence-corrected chi connectivity index (χ2v) is 5.89. The van der Waals surface area contributed by atoms with Crippen LogP contribution in [0, 0.1) is 11.3 Å². The molecule has 0 spiro atoms. The van der Waals surface area contributed by atoms with Gasteiger partial charge in [0.15, 0.2) is 0 Å². The number of esters is 2. The summed E-state index contributed by atoms with van der Waals surface area (Å²) in [5, 5.41) is 8.75. The first-order valence-electron chi connectivity index (χ1n) is 9.03. The molecule has 0 atom stereocenters. The number of carbonyl (C=O) groups excluding carboxylic acids is 2. The molecule has 0 aromatic heterocycles. The fourth-order valence-electron chi connectivity index (χ4n) is 2.21. The van der Waals surface area contributed by atoms with Crippen LogP contribution in [-0.4, -0.2) is 25.2 Å². The van der Waals surface area contributed by atoms with Crippen molar-refractivity contribution >= 4 is 18.0 Å². The van der Waals surface area contributed by atoms with E-state index < -0.39 is 11.9 Å². The number of rotatable bonds is 10. The summed E-state index contributed by atoms with van der Waals surface area (Å²) in [6.45, 7) is 4.19. The van der Waals surface area contributed by atoms with Crippen molar-refractivity contribution in [1.82, 2.24) is 0 Å². The molecule has 6 heteroatoms. The highest BCUT2D eigenvalue weighted by Gasteiger charge is 2.01. The molecule has 29 heavy (non-hydrogen) atoms. The average molecular weight is 391 g/mol. The van der Waals surface area contributed by atoms with Crippen LogP contribution in [0.15, 0.2) is 67.3 Å².